The Balaban J connectivity index is 1.67. The van der Waals surface area contributed by atoms with Crippen LogP contribution < -0.4 is 5.32 Å². The molecule has 1 heterocycles. The lowest BCUT2D eigenvalue weighted by molar-refractivity contribution is 0.384. The Morgan fingerprint density at radius 1 is 1.00 bits per heavy atom. The Morgan fingerprint density at radius 2 is 1.75 bits per heavy atom. The van der Waals surface area contributed by atoms with E-state index in [-0.39, 0.29) is 0 Å². The van der Waals surface area contributed by atoms with Crippen molar-refractivity contribution >= 4 is 5.69 Å². The van der Waals surface area contributed by atoms with Crippen molar-refractivity contribution in [2.45, 2.75) is 13.5 Å². The van der Waals surface area contributed by atoms with Gasteiger partial charge >= 0.3 is 0 Å². The van der Waals surface area contributed by atoms with E-state index in [0.717, 1.165) is 11.3 Å². The number of rotatable bonds is 4. The van der Waals surface area contributed by atoms with Gasteiger partial charge in [0.2, 0.25) is 11.7 Å². The summed E-state index contributed by atoms with van der Waals surface area (Å²) in [6, 6.07) is 18.0. The Morgan fingerprint density at radius 3 is 2.50 bits per heavy atom. The topological polar surface area (TPSA) is 51.0 Å². The molecule has 0 atom stereocenters. The smallest absolute Gasteiger partial charge is 0.246 e. The first-order valence-electron chi connectivity index (χ1n) is 6.50. The van der Waals surface area contributed by atoms with Crippen LogP contribution in [0.4, 0.5) is 5.69 Å². The maximum Gasteiger partial charge on any atom is 0.246 e. The number of benzene rings is 2. The molecule has 0 fully saturated rings. The third kappa shape index (κ3) is 2.85. The number of hydrogen-bond acceptors (Lipinski definition) is 4. The minimum atomic E-state index is 0.517. The average Bonchev–Trinajstić information content (AvgIpc) is 2.97. The van der Waals surface area contributed by atoms with E-state index >= 15 is 0 Å². The summed E-state index contributed by atoms with van der Waals surface area (Å²) in [5.41, 5.74) is 3.23. The third-order valence-electron chi connectivity index (χ3n) is 3.00. The lowest BCUT2D eigenvalue weighted by atomic mass is 10.2. The molecule has 0 aliphatic heterocycles. The van der Waals surface area contributed by atoms with Crippen LogP contribution in [0.5, 0.6) is 0 Å². The zero-order valence-corrected chi connectivity index (χ0v) is 11.2. The van der Waals surface area contributed by atoms with Crippen LogP contribution >= 0.6 is 0 Å². The molecule has 0 saturated heterocycles. The van der Waals surface area contributed by atoms with E-state index in [9.17, 15) is 0 Å². The molecule has 0 aliphatic carbocycles. The average molecular weight is 265 g/mol. The molecule has 100 valence electrons. The largest absolute Gasteiger partial charge is 0.376 e. The van der Waals surface area contributed by atoms with Gasteiger partial charge in [-0.1, -0.05) is 53.2 Å². The maximum absolute atomic E-state index is 5.24. The molecule has 1 aromatic heterocycles. The molecule has 4 heteroatoms. The van der Waals surface area contributed by atoms with Crippen LogP contribution in [0.15, 0.2) is 59.1 Å². The van der Waals surface area contributed by atoms with Crippen molar-refractivity contribution in [1.82, 2.24) is 10.1 Å². The van der Waals surface area contributed by atoms with Crippen molar-refractivity contribution in [3.63, 3.8) is 0 Å². The molecular weight excluding hydrogens is 250 g/mol. The number of hydrogen-bond donors (Lipinski definition) is 1. The summed E-state index contributed by atoms with van der Waals surface area (Å²) in [5, 5.41) is 7.24. The lowest BCUT2D eigenvalue weighted by Gasteiger charge is -2.02. The summed E-state index contributed by atoms with van der Waals surface area (Å²) in [5.74, 6) is 1.19. The van der Waals surface area contributed by atoms with Crippen molar-refractivity contribution < 1.29 is 4.52 Å². The van der Waals surface area contributed by atoms with Gasteiger partial charge in [0.15, 0.2) is 0 Å². The Labute approximate surface area is 117 Å². The fourth-order valence-electron chi connectivity index (χ4n) is 1.88. The van der Waals surface area contributed by atoms with E-state index in [1.807, 2.05) is 42.5 Å². The Hall–Kier alpha value is -2.62. The zero-order chi connectivity index (χ0) is 13.8. The summed E-state index contributed by atoms with van der Waals surface area (Å²) in [6.07, 6.45) is 0. The van der Waals surface area contributed by atoms with Gasteiger partial charge < -0.3 is 9.84 Å². The van der Waals surface area contributed by atoms with E-state index < -0.39 is 0 Å². The van der Waals surface area contributed by atoms with Crippen molar-refractivity contribution in [2.24, 2.45) is 0 Å². The fourth-order valence-corrected chi connectivity index (χ4v) is 1.88. The highest BCUT2D eigenvalue weighted by molar-refractivity contribution is 5.53. The van der Waals surface area contributed by atoms with E-state index in [1.54, 1.807) is 0 Å². The van der Waals surface area contributed by atoms with Gasteiger partial charge in [-0.05, 0) is 19.1 Å². The fraction of sp³-hybridized carbons (Fsp3) is 0.125. The molecule has 0 spiro atoms. The third-order valence-corrected chi connectivity index (χ3v) is 3.00. The standard InChI is InChI=1S/C16H15N3O/c1-12-7-9-14(10-8-12)17-11-15-18-16(19-20-15)13-5-3-2-4-6-13/h2-10,17H,11H2,1H3. The van der Waals surface area contributed by atoms with Gasteiger partial charge in [-0.2, -0.15) is 4.98 Å². The molecule has 4 nitrogen and oxygen atoms in total. The number of nitrogens with one attached hydrogen (secondary N) is 1. The first-order valence-corrected chi connectivity index (χ1v) is 6.50. The van der Waals surface area contributed by atoms with Crippen LogP contribution in [-0.4, -0.2) is 10.1 Å². The second kappa shape index (κ2) is 5.57. The molecule has 0 unspecified atom stereocenters. The second-order valence-corrected chi connectivity index (χ2v) is 4.60. The van der Waals surface area contributed by atoms with Crippen LogP contribution in [0, 0.1) is 6.92 Å². The molecule has 20 heavy (non-hydrogen) atoms. The van der Waals surface area contributed by atoms with Crippen molar-refractivity contribution in [1.29, 1.82) is 0 Å². The predicted molar refractivity (Wildman–Crippen MR) is 78.2 cm³/mol. The SMILES string of the molecule is Cc1ccc(NCc2nc(-c3ccccc3)no2)cc1. The van der Waals surface area contributed by atoms with E-state index in [1.165, 1.54) is 5.56 Å². The molecule has 0 bridgehead atoms. The summed E-state index contributed by atoms with van der Waals surface area (Å²) < 4.78 is 5.24. The van der Waals surface area contributed by atoms with Gasteiger partial charge in [-0.15, -0.1) is 0 Å². The molecule has 0 amide bonds. The predicted octanol–water partition coefficient (Wildman–Crippen LogP) is 3.66. The van der Waals surface area contributed by atoms with E-state index in [0.29, 0.717) is 18.3 Å². The van der Waals surface area contributed by atoms with Crippen LogP contribution in [0.2, 0.25) is 0 Å². The highest BCUT2D eigenvalue weighted by Gasteiger charge is 2.07. The van der Waals surface area contributed by atoms with Crippen molar-refractivity contribution in [3.05, 3.63) is 66.1 Å². The molecule has 3 rings (SSSR count). The number of aryl methyl sites for hydroxylation is 1. The number of anilines is 1. The highest BCUT2D eigenvalue weighted by Crippen LogP contribution is 2.15. The van der Waals surface area contributed by atoms with Crippen LogP contribution in [0.1, 0.15) is 11.5 Å². The molecule has 3 aromatic rings. The summed E-state index contributed by atoms with van der Waals surface area (Å²) in [6.45, 7) is 2.58. The maximum atomic E-state index is 5.24. The lowest BCUT2D eigenvalue weighted by Crippen LogP contribution is -1.99. The van der Waals surface area contributed by atoms with E-state index in [4.69, 9.17) is 4.52 Å². The molecule has 0 saturated carbocycles. The quantitative estimate of drug-likeness (QED) is 0.782. The van der Waals surface area contributed by atoms with Gasteiger partial charge in [0.05, 0.1) is 6.54 Å². The first-order chi connectivity index (χ1) is 9.81. The van der Waals surface area contributed by atoms with Crippen molar-refractivity contribution in [3.8, 4) is 11.4 Å². The molecule has 0 radical (unpaired) electrons. The summed E-state index contributed by atoms with van der Waals surface area (Å²) in [7, 11) is 0. The van der Waals surface area contributed by atoms with Crippen LogP contribution in [0.3, 0.4) is 0 Å². The highest BCUT2D eigenvalue weighted by atomic mass is 16.5. The van der Waals surface area contributed by atoms with E-state index in [2.05, 4.69) is 34.5 Å². The molecule has 2 aromatic carbocycles. The Kier molecular flexibility index (Phi) is 3.46. The van der Waals surface area contributed by atoms with Gasteiger partial charge in [0, 0.05) is 11.3 Å². The number of aromatic nitrogens is 2. The summed E-state index contributed by atoms with van der Waals surface area (Å²) >= 11 is 0. The van der Waals surface area contributed by atoms with Crippen LogP contribution in [0.25, 0.3) is 11.4 Å². The molecule has 0 aliphatic rings. The summed E-state index contributed by atoms with van der Waals surface area (Å²) in [4.78, 5) is 4.37. The van der Waals surface area contributed by atoms with Crippen molar-refractivity contribution in [2.75, 3.05) is 5.32 Å². The monoisotopic (exact) mass is 265 g/mol. The molecular formula is C16H15N3O. The minimum Gasteiger partial charge on any atom is -0.376 e. The minimum absolute atomic E-state index is 0.517. The number of nitrogens with zero attached hydrogens (tertiary/aromatic N) is 2. The van der Waals surface area contributed by atoms with Gasteiger partial charge in [0.25, 0.3) is 0 Å². The van der Waals surface area contributed by atoms with Gasteiger partial charge in [-0.3, -0.25) is 0 Å². The first kappa shape index (κ1) is 12.4. The normalized spacial score (nSPS) is 10.4. The van der Waals surface area contributed by atoms with Gasteiger partial charge in [0.1, 0.15) is 0 Å². The Bertz CT molecular complexity index is 674. The zero-order valence-electron chi connectivity index (χ0n) is 11.2. The molecule has 1 N–H and O–H groups in total. The van der Waals surface area contributed by atoms with Crippen LogP contribution in [-0.2, 0) is 6.54 Å². The van der Waals surface area contributed by atoms with Gasteiger partial charge in [-0.25, -0.2) is 0 Å². The second-order valence-electron chi connectivity index (χ2n) is 4.60.